The molecule has 2 rings (SSSR count). The van der Waals surface area contributed by atoms with Gasteiger partial charge in [-0.1, -0.05) is 26.2 Å². The van der Waals surface area contributed by atoms with Crippen molar-refractivity contribution in [2.24, 2.45) is 0 Å². The maximum Gasteiger partial charge on any atom is 0.335 e. The summed E-state index contributed by atoms with van der Waals surface area (Å²) in [6, 6.07) is 9.66. The summed E-state index contributed by atoms with van der Waals surface area (Å²) < 4.78 is 35.7. The zero-order valence-electron chi connectivity index (χ0n) is 17.4. The third-order valence-corrected chi connectivity index (χ3v) is 5.65. The second kappa shape index (κ2) is 11.3. The highest BCUT2D eigenvalue weighted by atomic mass is 32.2. The maximum atomic E-state index is 12.6. The highest BCUT2D eigenvalue weighted by Gasteiger charge is 2.22. The quantitative estimate of drug-likeness (QED) is 0.335. The summed E-state index contributed by atoms with van der Waals surface area (Å²) in [5, 5.41) is 9.08. The number of benzene rings is 2. The zero-order chi connectivity index (χ0) is 22.9. The van der Waals surface area contributed by atoms with E-state index in [1.165, 1.54) is 31.4 Å². The van der Waals surface area contributed by atoms with Gasteiger partial charge in [0.05, 0.1) is 19.3 Å². The summed E-state index contributed by atoms with van der Waals surface area (Å²) in [5.74, 6) is -1.43. The van der Waals surface area contributed by atoms with Crippen LogP contribution < -0.4 is 19.7 Å². The first-order valence-corrected chi connectivity index (χ1v) is 11.2. The summed E-state index contributed by atoms with van der Waals surface area (Å²) in [7, 11) is -3.03. The van der Waals surface area contributed by atoms with Crippen LogP contribution in [0.25, 0.3) is 0 Å². The molecule has 0 atom stereocenters. The van der Waals surface area contributed by atoms with Gasteiger partial charge in [0.2, 0.25) is 0 Å². The van der Waals surface area contributed by atoms with E-state index in [0.29, 0.717) is 12.4 Å². The fourth-order valence-electron chi connectivity index (χ4n) is 2.68. The monoisotopic (exact) mass is 450 g/mol. The molecule has 168 valence electrons. The molecule has 1 amide bonds. The molecule has 0 fully saturated rings. The smallest absolute Gasteiger partial charge is 0.335 e. The van der Waals surface area contributed by atoms with Crippen LogP contribution in [0.3, 0.4) is 0 Å². The number of methoxy groups -OCH3 is 1. The molecule has 0 radical (unpaired) electrons. The van der Waals surface area contributed by atoms with Gasteiger partial charge in [-0.05, 0) is 48.9 Å². The Morgan fingerprint density at radius 3 is 2.29 bits per heavy atom. The van der Waals surface area contributed by atoms with Crippen LogP contribution in [0.4, 0.5) is 0 Å². The van der Waals surface area contributed by atoms with E-state index in [9.17, 15) is 18.0 Å². The molecule has 0 saturated heterocycles. The van der Waals surface area contributed by atoms with Crippen molar-refractivity contribution in [3.05, 3.63) is 53.6 Å². The lowest BCUT2D eigenvalue weighted by molar-refractivity contribution is 0.0696. The van der Waals surface area contributed by atoms with Gasteiger partial charge in [0.25, 0.3) is 15.9 Å². The second-order valence-corrected chi connectivity index (χ2v) is 8.31. The highest BCUT2D eigenvalue weighted by Crippen LogP contribution is 2.24. The molecule has 0 aliphatic carbocycles. The summed E-state index contributed by atoms with van der Waals surface area (Å²) in [6.07, 6.45) is 4.35. The van der Waals surface area contributed by atoms with Crippen LogP contribution in [0.5, 0.6) is 11.5 Å². The van der Waals surface area contributed by atoms with Gasteiger partial charge in [0.1, 0.15) is 16.4 Å². The number of carboxylic acids is 1. The minimum absolute atomic E-state index is 0.0628. The van der Waals surface area contributed by atoms with Gasteiger partial charge in [-0.25, -0.2) is 13.2 Å². The number of hydrazine groups is 1. The number of unbranched alkanes of at least 4 members (excludes halogenated alkanes) is 3. The molecule has 0 saturated carbocycles. The van der Waals surface area contributed by atoms with Crippen LogP contribution in [-0.2, 0) is 10.0 Å². The SMILES string of the molecule is CCCCCCOc1ccc(C(=O)NNS(=O)(=O)c2cc(C(=O)O)ccc2OC)cc1. The second-order valence-electron chi connectivity index (χ2n) is 6.66. The average molecular weight is 451 g/mol. The van der Waals surface area contributed by atoms with Gasteiger partial charge in [-0.3, -0.25) is 10.2 Å². The van der Waals surface area contributed by atoms with Crippen molar-refractivity contribution in [2.45, 2.75) is 37.5 Å². The van der Waals surface area contributed by atoms with Crippen molar-refractivity contribution < 1.29 is 32.6 Å². The third kappa shape index (κ3) is 6.97. The van der Waals surface area contributed by atoms with Gasteiger partial charge < -0.3 is 14.6 Å². The molecule has 2 aromatic carbocycles. The Morgan fingerprint density at radius 1 is 1.00 bits per heavy atom. The Bertz CT molecular complexity index is 1000. The minimum atomic E-state index is -4.29. The van der Waals surface area contributed by atoms with E-state index < -0.39 is 26.8 Å². The Kier molecular flexibility index (Phi) is 8.83. The summed E-state index contributed by atoms with van der Waals surface area (Å²) in [5.41, 5.74) is 2.08. The number of amides is 1. The van der Waals surface area contributed by atoms with E-state index in [2.05, 4.69) is 12.3 Å². The lowest BCUT2D eigenvalue weighted by Gasteiger charge is -2.12. The molecule has 0 aromatic heterocycles. The van der Waals surface area contributed by atoms with Crippen LogP contribution in [0, 0.1) is 0 Å². The molecule has 3 N–H and O–H groups in total. The first kappa shape index (κ1) is 24.2. The van der Waals surface area contributed by atoms with Crippen molar-refractivity contribution in [3.63, 3.8) is 0 Å². The normalized spacial score (nSPS) is 11.0. The zero-order valence-corrected chi connectivity index (χ0v) is 18.2. The lowest BCUT2D eigenvalue weighted by atomic mass is 10.2. The number of sulfonamides is 1. The first-order chi connectivity index (χ1) is 14.8. The number of carboxylic acid groups (broad SMARTS) is 1. The van der Waals surface area contributed by atoms with E-state index >= 15 is 0 Å². The molecule has 0 heterocycles. The Morgan fingerprint density at radius 2 is 1.68 bits per heavy atom. The molecule has 9 nitrogen and oxygen atoms in total. The molecule has 10 heteroatoms. The molecule has 0 unspecified atom stereocenters. The number of ether oxygens (including phenoxy) is 2. The predicted octanol–water partition coefficient (Wildman–Crippen LogP) is 2.98. The number of nitrogens with one attached hydrogen (secondary N) is 2. The number of carbonyl (C=O) groups is 2. The van der Waals surface area contributed by atoms with Gasteiger partial charge in [0.15, 0.2) is 0 Å². The van der Waals surface area contributed by atoms with Crippen LogP contribution in [-0.4, -0.2) is 39.1 Å². The average Bonchev–Trinajstić information content (AvgIpc) is 2.77. The van der Waals surface area contributed by atoms with Crippen molar-refractivity contribution in [1.29, 1.82) is 0 Å². The lowest BCUT2D eigenvalue weighted by Crippen LogP contribution is -2.41. The van der Waals surface area contributed by atoms with E-state index in [0.717, 1.165) is 31.7 Å². The largest absolute Gasteiger partial charge is 0.495 e. The molecule has 2 aromatic rings. The van der Waals surface area contributed by atoms with Crippen molar-refractivity contribution in [3.8, 4) is 11.5 Å². The van der Waals surface area contributed by atoms with E-state index in [-0.39, 0.29) is 16.9 Å². The first-order valence-electron chi connectivity index (χ1n) is 9.75. The van der Waals surface area contributed by atoms with E-state index in [1.807, 2.05) is 4.83 Å². The van der Waals surface area contributed by atoms with Crippen LogP contribution in [0.1, 0.15) is 53.3 Å². The minimum Gasteiger partial charge on any atom is -0.495 e. The molecule has 31 heavy (non-hydrogen) atoms. The molecular formula is C21H26N2O7S. The molecule has 0 aliphatic heterocycles. The Labute approximate surface area is 181 Å². The number of carbonyl (C=O) groups excluding carboxylic acids is 1. The standard InChI is InChI=1S/C21H26N2O7S/c1-3-4-5-6-13-30-17-10-7-15(8-11-17)20(24)22-23-31(27,28)19-14-16(21(25)26)9-12-18(19)29-2/h7-12,14,23H,3-6,13H2,1-2H3,(H,22,24)(H,25,26). The Hall–Kier alpha value is -3.11. The molecule has 0 bridgehead atoms. The Balaban J connectivity index is 2.00. The van der Waals surface area contributed by atoms with Crippen LogP contribution >= 0.6 is 0 Å². The van der Waals surface area contributed by atoms with Crippen molar-refractivity contribution in [2.75, 3.05) is 13.7 Å². The summed E-state index contributed by atoms with van der Waals surface area (Å²) >= 11 is 0. The number of rotatable bonds is 12. The van der Waals surface area contributed by atoms with E-state index in [4.69, 9.17) is 14.6 Å². The molecular weight excluding hydrogens is 424 g/mol. The fourth-order valence-corrected chi connectivity index (χ4v) is 3.72. The van der Waals surface area contributed by atoms with E-state index in [1.54, 1.807) is 12.1 Å². The fraction of sp³-hybridized carbons (Fsp3) is 0.333. The van der Waals surface area contributed by atoms with Crippen LogP contribution in [0.2, 0.25) is 0 Å². The number of hydrogen-bond acceptors (Lipinski definition) is 6. The predicted molar refractivity (Wildman–Crippen MR) is 114 cm³/mol. The van der Waals surface area contributed by atoms with Crippen molar-refractivity contribution in [1.82, 2.24) is 10.3 Å². The summed E-state index contributed by atoms with van der Waals surface area (Å²) in [6.45, 7) is 2.72. The maximum absolute atomic E-state index is 12.6. The third-order valence-electron chi connectivity index (χ3n) is 4.38. The van der Waals surface area contributed by atoms with Gasteiger partial charge in [-0.2, -0.15) is 0 Å². The topological polar surface area (TPSA) is 131 Å². The van der Waals surface area contributed by atoms with Crippen LogP contribution in [0.15, 0.2) is 47.4 Å². The highest BCUT2D eigenvalue weighted by molar-refractivity contribution is 7.89. The van der Waals surface area contributed by atoms with Gasteiger partial charge >= 0.3 is 5.97 Å². The van der Waals surface area contributed by atoms with Crippen molar-refractivity contribution >= 4 is 21.9 Å². The molecule has 0 aliphatic rings. The van der Waals surface area contributed by atoms with Gasteiger partial charge in [0, 0.05) is 5.56 Å². The number of aromatic carboxylic acids is 1. The molecule has 0 spiro atoms. The van der Waals surface area contributed by atoms with Gasteiger partial charge in [-0.15, -0.1) is 4.83 Å². The number of hydrogen-bond donors (Lipinski definition) is 3. The summed E-state index contributed by atoms with van der Waals surface area (Å²) in [4.78, 5) is 25.0.